The van der Waals surface area contributed by atoms with Crippen LogP contribution in [0.2, 0.25) is 0 Å². The Bertz CT molecular complexity index is 1290. The van der Waals surface area contributed by atoms with E-state index in [0.29, 0.717) is 34.7 Å². The molecule has 3 N–H and O–H groups in total. The first kappa shape index (κ1) is 22.1. The van der Waals surface area contributed by atoms with Gasteiger partial charge in [-0.15, -0.1) is 0 Å². The molecule has 2 amide bonds. The normalized spacial score (nSPS) is 17.6. The highest BCUT2D eigenvalue weighted by molar-refractivity contribution is 6.51. The molecule has 4 rings (SSSR count). The molecule has 3 heterocycles. The minimum Gasteiger partial charge on any atom is -0.507 e. The second-order valence-electron chi connectivity index (χ2n) is 7.86. The highest BCUT2D eigenvalue weighted by Crippen LogP contribution is 2.42. The van der Waals surface area contributed by atoms with Crippen molar-refractivity contribution >= 4 is 29.2 Å². The highest BCUT2D eigenvalue weighted by Gasteiger charge is 2.48. The van der Waals surface area contributed by atoms with E-state index in [2.05, 4.69) is 15.5 Å². The van der Waals surface area contributed by atoms with Crippen molar-refractivity contribution in [3.8, 4) is 0 Å². The van der Waals surface area contributed by atoms with Gasteiger partial charge in [-0.05, 0) is 38.8 Å². The van der Waals surface area contributed by atoms with E-state index in [1.165, 1.54) is 4.90 Å². The number of aliphatic hydroxyl groups is 1. The number of Topliss-reactive ketones (excluding diaryl/α,β-unsaturated/α-hetero) is 1. The second kappa shape index (κ2) is 8.42. The van der Waals surface area contributed by atoms with E-state index >= 15 is 0 Å². The van der Waals surface area contributed by atoms with Crippen molar-refractivity contribution < 1.29 is 24.0 Å². The van der Waals surface area contributed by atoms with Crippen molar-refractivity contribution in [3.05, 3.63) is 75.8 Å². The number of amides is 2. The van der Waals surface area contributed by atoms with Gasteiger partial charge in [0, 0.05) is 23.9 Å². The molecular formula is C24H24N4O5. The maximum atomic E-state index is 13.2. The molecule has 170 valence electrons. The fourth-order valence-corrected chi connectivity index (χ4v) is 4.20. The van der Waals surface area contributed by atoms with Crippen molar-refractivity contribution in [1.29, 1.82) is 0 Å². The molecule has 1 saturated heterocycles. The molecule has 1 aliphatic rings. The SMILES string of the molecule is CCNC(=O)c1[nH]c(C)c(/C(O)=C2\C(=O)C(=O)N(c3cc(C)on3)C2c2ccccc2)c1C. The van der Waals surface area contributed by atoms with Crippen LogP contribution in [0, 0.1) is 20.8 Å². The van der Waals surface area contributed by atoms with E-state index in [1.807, 2.05) is 6.07 Å². The van der Waals surface area contributed by atoms with Gasteiger partial charge in [0.2, 0.25) is 0 Å². The number of H-pyrrole nitrogens is 1. The van der Waals surface area contributed by atoms with Crippen LogP contribution in [-0.4, -0.2) is 39.4 Å². The van der Waals surface area contributed by atoms with Gasteiger partial charge in [0.15, 0.2) is 5.82 Å². The van der Waals surface area contributed by atoms with Gasteiger partial charge in [-0.25, -0.2) is 0 Å². The third kappa shape index (κ3) is 3.61. The molecule has 2 aromatic heterocycles. The van der Waals surface area contributed by atoms with Crippen LogP contribution in [0.25, 0.3) is 5.76 Å². The maximum Gasteiger partial charge on any atom is 0.301 e. The molecule has 0 spiro atoms. The van der Waals surface area contributed by atoms with E-state index in [0.717, 1.165) is 0 Å². The smallest absolute Gasteiger partial charge is 0.301 e. The summed E-state index contributed by atoms with van der Waals surface area (Å²) in [5.74, 6) is -1.70. The number of carbonyl (C=O) groups excluding carboxylic acids is 3. The van der Waals surface area contributed by atoms with E-state index < -0.39 is 17.7 Å². The van der Waals surface area contributed by atoms with Crippen molar-refractivity contribution in [2.75, 3.05) is 11.4 Å². The third-order valence-corrected chi connectivity index (χ3v) is 5.66. The summed E-state index contributed by atoms with van der Waals surface area (Å²) in [7, 11) is 0. The highest BCUT2D eigenvalue weighted by atomic mass is 16.5. The van der Waals surface area contributed by atoms with Crippen LogP contribution < -0.4 is 10.2 Å². The van der Waals surface area contributed by atoms with E-state index in [4.69, 9.17) is 4.52 Å². The van der Waals surface area contributed by atoms with Crippen molar-refractivity contribution in [2.45, 2.75) is 33.7 Å². The molecule has 33 heavy (non-hydrogen) atoms. The Kier molecular flexibility index (Phi) is 5.63. The molecule has 1 unspecified atom stereocenters. The summed E-state index contributed by atoms with van der Waals surface area (Å²) in [6.07, 6.45) is 0. The first-order valence-corrected chi connectivity index (χ1v) is 10.5. The Morgan fingerprint density at radius 2 is 1.91 bits per heavy atom. The van der Waals surface area contributed by atoms with Gasteiger partial charge >= 0.3 is 5.91 Å². The quantitative estimate of drug-likeness (QED) is 0.312. The van der Waals surface area contributed by atoms with E-state index in [-0.39, 0.29) is 28.8 Å². The molecule has 1 fully saturated rings. The lowest BCUT2D eigenvalue weighted by Gasteiger charge is -2.22. The number of ketones is 1. The van der Waals surface area contributed by atoms with Crippen LogP contribution in [-0.2, 0) is 9.59 Å². The number of aromatic nitrogens is 2. The first-order valence-electron chi connectivity index (χ1n) is 10.5. The lowest BCUT2D eigenvalue weighted by Crippen LogP contribution is -2.29. The molecule has 0 bridgehead atoms. The number of nitrogens with one attached hydrogen (secondary N) is 2. The van der Waals surface area contributed by atoms with Gasteiger partial charge in [-0.2, -0.15) is 0 Å². The van der Waals surface area contributed by atoms with Gasteiger partial charge in [0.25, 0.3) is 11.7 Å². The number of rotatable bonds is 5. The monoisotopic (exact) mass is 448 g/mol. The van der Waals surface area contributed by atoms with Crippen molar-refractivity contribution in [2.24, 2.45) is 0 Å². The molecule has 3 aromatic rings. The molecular weight excluding hydrogens is 424 g/mol. The van der Waals surface area contributed by atoms with Gasteiger partial charge in [-0.3, -0.25) is 19.3 Å². The lowest BCUT2D eigenvalue weighted by molar-refractivity contribution is -0.132. The van der Waals surface area contributed by atoms with Crippen LogP contribution in [0.3, 0.4) is 0 Å². The minimum absolute atomic E-state index is 0.0838. The third-order valence-electron chi connectivity index (χ3n) is 5.66. The zero-order valence-corrected chi connectivity index (χ0v) is 18.7. The first-order chi connectivity index (χ1) is 15.8. The number of hydrogen-bond donors (Lipinski definition) is 3. The summed E-state index contributed by atoms with van der Waals surface area (Å²) in [6, 6.07) is 9.54. The van der Waals surface area contributed by atoms with Gasteiger partial charge in [-0.1, -0.05) is 35.5 Å². The predicted octanol–water partition coefficient (Wildman–Crippen LogP) is 3.30. The second-order valence-corrected chi connectivity index (χ2v) is 7.86. The minimum atomic E-state index is -0.919. The Labute approximate surface area is 190 Å². The van der Waals surface area contributed by atoms with E-state index in [9.17, 15) is 19.5 Å². The number of nitrogens with zero attached hydrogens (tertiary/aromatic N) is 2. The molecule has 0 aliphatic carbocycles. The topological polar surface area (TPSA) is 129 Å². The van der Waals surface area contributed by atoms with E-state index in [1.54, 1.807) is 58.0 Å². The Morgan fingerprint density at radius 1 is 1.21 bits per heavy atom. The number of carbonyl (C=O) groups is 3. The molecule has 1 aliphatic heterocycles. The maximum absolute atomic E-state index is 13.2. The standard InChI is InChI=1S/C24H24N4O5/c1-5-25-23(31)19-13(3)17(14(4)26-19)21(29)18-20(15-9-7-6-8-10-15)28(24(32)22(18)30)16-11-12(2)33-27-16/h6-11,20,26,29H,5H2,1-4H3,(H,25,31)/b21-18+. The summed E-state index contributed by atoms with van der Waals surface area (Å²) >= 11 is 0. The molecule has 9 nitrogen and oxygen atoms in total. The summed E-state index contributed by atoms with van der Waals surface area (Å²) < 4.78 is 5.13. The van der Waals surface area contributed by atoms with Crippen LogP contribution >= 0.6 is 0 Å². The number of anilines is 1. The molecule has 0 radical (unpaired) electrons. The molecule has 1 atom stereocenters. The zero-order valence-electron chi connectivity index (χ0n) is 18.7. The lowest BCUT2D eigenvalue weighted by atomic mass is 9.94. The van der Waals surface area contributed by atoms with Crippen molar-refractivity contribution in [3.63, 3.8) is 0 Å². The zero-order chi connectivity index (χ0) is 23.9. The fourth-order valence-electron chi connectivity index (χ4n) is 4.20. The molecule has 0 saturated carbocycles. The van der Waals surface area contributed by atoms with Crippen LogP contribution in [0.4, 0.5) is 5.82 Å². The van der Waals surface area contributed by atoms with Gasteiger partial charge in [0.05, 0.1) is 11.6 Å². The number of hydrogen-bond acceptors (Lipinski definition) is 6. The summed E-state index contributed by atoms with van der Waals surface area (Å²) in [4.78, 5) is 42.9. The molecule has 9 heteroatoms. The number of aryl methyl sites for hydroxylation is 2. The van der Waals surface area contributed by atoms with Gasteiger partial charge in [0.1, 0.15) is 17.2 Å². The van der Waals surface area contributed by atoms with Crippen LogP contribution in [0.5, 0.6) is 0 Å². The Morgan fingerprint density at radius 3 is 2.52 bits per heavy atom. The van der Waals surface area contributed by atoms with Crippen LogP contribution in [0.1, 0.15) is 51.6 Å². The Balaban J connectivity index is 1.94. The molecule has 1 aromatic carbocycles. The van der Waals surface area contributed by atoms with Crippen LogP contribution in [0.15, 0.2) is 46.5 Å². The number of aromatic amines is 1. The fraction of sp³-hybridized carbons (Fsp3) is 0.250. The predicted molar refractivity (Wildman–Crippen MR) is 121 cm³/mol. The average molecular weight is 448 g/mol. The number of aliphatic hydroxyl groups excluding tert-OH is 1. The summed E-state index contributed by atoms with van der Waals surface area (Å²) in [5.41, 5.74) is 2.11. The summed E-state index contributed by atoms with van der Waals surface area (Å²) in [6.45, 7) is 7.29. The number of benzene rings is 1. The summed E-state index contributed by atoms with van der Waals surface area (Å²) in [5, 5.41) is 18.0. The Hall–Kier alpha value is -4.14. The average Bonchev–Trinajstić information content (AvgIpc) is 3.43. The largest absolute Gasteiger partial charge is 0.507 e. The van der Waals surface area contributed by atoms with Crippen molar-refractivity contribution in [1.82, 2.24) is 15.5 Å². The van der Waals surface area contributed by atoms with Gasteiger partial charge < -0.3 is 19.9 Å².